The van der Waals surface area contributed by atoms with Gasteiger partial charge in [-0.2, -0.15) is 0 Å². The van der Waals surface area contributed by atoms with E-state index in [1.54, 1.807) is 60.7 Å². The standard InChI is InChI=1S/C27H19Cl2NO5S/c28-21-12-14-22(15-13-21)30-36(33,34)24-17-20(11-16-23(24)29)27(32)35-26(19-9-5-2-6-10-19)25(31)18-7-3-1-4-8-18/h1-17,26,30H. The molecule has 4 aromatic rings. The number of carbonyl (C=O) groups is 2. The van der Waals surface area contributed by atoms with Crippen molar-refractivity contribution in [3.63, 3.8) is 0 Å². The molecular formula is C27H19Cl2NO5S. The molecule has 0 spiro atoms. The number of benzene rings is 4. The third-order valence-corrected chi connectivity index (χ3v) is 7.29. The van der Waals surface area contributed by atoms with Gasteiger partial charge in [0, 0.05) is 21.8 Å². The van der Waals surface area contributed by atoms with Gasteiger partial charge in [0.1, 0.15) is 4.90 Å². The van der Waals surface area contributed by atoms with Gasteiger partial charge in [0.15, 0.2) is 6.10 Å². The van der Waals surface area contributed by atoms with Crippen LogP contribution < -0.4 is 4.72 Å². The van der Waals surface area contributed by atoms with Gasteiger partial charge in [0.25, 0.3) is 10.0 Å². The first-order valence-electron chi connectivity index (χ1n) is 10.7. The van der Waals surface area contributed by atoms with Gasteiger partial charge in [0.05, 0.1) is 10.6 Å². The maximum absolute atomic E-state index is 13.2. The van der Waals surface area contributed by atoms with Crippen molar-refractivity contribution in [2.24, 2.45) is 0 Å². The van der Waals surface area contributed by atoms with E-state index in [2.05, 4.69) is 4.72 Å². The lowest BCUT2D eigenvalue weighted by Gasteiger charge is -2.18. The van der Waals surface area contributed by atoms with E-state index in [0.717, 1.165) is 6.07 Å². The minimum Gasteiger partial charge on any atom is -0.445 e. The maximum Gasteiger partial charge on any atom is 0.339 e. The predicted octanol–water partition coefficient (Wildman–Crippen LogP) is 6.58. The van der Waals surface area contributed by atoms with Crippen LogP contribution in [0.3, 0.4) is 0 Å². The summed E-state index contributed by atoms with van der Waals surface area (Å²) in [7, 11) is -4.15. The van der Waals surface area contributed by atoms with Crippen molar-refractivity contribution in [2.75, 3.05) is 4.72 Å². The molecule has 0 saturated carbocycles. The third-order valence-electron chi connectivity index (χ3n) is 5.18. The highest BCUT2D eigenvalue weighted by Gasteiger charge is 2.28. The van der Waals surface area contributed by atoms with Crippen LogP contribution in [0.25, 0.3) is 0 Å². The summed E-state index contributed by atoms with van der Waals surface area (Å²) in [5.74, 6) is -1.30. The second-order valence-electron chi connectivity index (χ2n) is 7.68. The van der Waals surface area contributed by atoms with Crippen LogP contribution in [-0.4, -0.2) is 20.2 Å². The van der Waals surface area contributed by atoms with E-state index >= 15 is 0 Å². The molecule has 1 unspecified atom stereocenters. The highest BCUT2D eigenvalue weighted by Crippen LogP contribution is 2.28. The van der Waals surface area contributed by atoms with Gasteiger partial charge in [-0.1, -0.05) is 83.9 Å². The number of halogens is 2. The molecule has 0 aliphatic heterocycles. The summed E-state index contributed by atoms with van der Waals surface area (Å²) in [4.78, 5) is 26.0. The molecule has 4 rings (SSSR count). The van der Waals surface area contributed by atoms with E-state index in [-0.39, 0.29) is 21.2 Å². The lowest BCUT2D eigenvalue weighted by Crippen LogP contribution is -2.21. The first kappa shape index (κ1) is 25.4. The molecule has 0 amide bonds. The molecule has 6 nitrogen and oxygen atoms in total. The fourth-order valence-corrected chi connectivity index (χ4v) is 5.11. The van der Waals surface area contributed by atoms with Crippen LogP contribution in [0.15, 0.2) is 108 Å². The Morgan fingerprint density at radius 2 is 1.36 bits per heavy atom. The lowest BCUT2D eigenvalue weighted by molar-refractivity contribution is 0.0280. The van der Waals surface area contributed by atoms with Crippen LogP contribution in [0.2, 0.25) is 10.0 Å². The second-order valence-corrected chi connectivity index (χ2v) is 10.2. The summed E-state index contributed by atoms with van der Waals surface area (Å²) in [5.41, 5.74) is 1.02. The summed E-state index contributed by atoms with van der Waals surface area (Å²) < 4.78 is 34.0. The smallest absolute Gasteiger partial charge is 0.339 e. The van der Waals surface area contributed by atoms with Gasteiger partial charge >= 0.3 is 5.97 Å². The normalized spacial score (nSPS) is 11.9. The Labute approximate surface area is 218 Å². The average molecular weight is 540 g/mol. The number of anilines is 1. The molecule has 0 bridgehead atoms. The largest absolute Gasteiger partial charge is 0.445 e. The van der Waals surface area contributed by atoms with Crippen LogP contribution in [-0.2, 0) is 14.8 Å². The molecule has 1 atom stereocenters. The maximum atomic E-state index is 13.2. The van der Waals surface area contributed by atoms with Crippen molar-refractivity contribution in [3.05, 3.63) is 130 Å². The summed E-state index contributed by atoms with van der Waals surface area (Å²) in [5, 5.41) is 0.353. The Morgan fingerprint density at radius 1 is 0.750 bits per heavy atom. The number of sulfonamides is 1. The molecular weight excluding hydrogens is 521 g/mol. The molecule has 0 heterocycles. The molecule has 0 saturated heterocycles. The number of ether oxygens (including phenoxy) is 1. The van der Waals surface area contributed by atoms with Crippen LogP contribution in [0, 0.1) is 0 Å². The van der Waals surface area contributed by atoms with Crippen molar-refractivity contribution in [1.82, 2.24) is 0 Å². The molecule has 0 aliphatic rings. The van der Waals surface area contributed by atoms with E-state index in [1.807, 2.05) is 0 Å². The SMILES string of the molecule is O=C(OC(C(=O)c1ccccc1)c1ccccc1)c1ccc(Cl)c(S(=O)(=O)Nc2ccc(Cl)cc2)c1. The predicted molar refractivity (Wildman–Crippen MR) is 139 cm³/mol. The fraction of sp³-hybridized carbons (Fsp3) is 0.0370. The monoisotopic (exact) mass is 539 g/mol. The number of esters is 1. The fourth-order valence-electron chi connectivity index (χ4n) is 3.39. The number of ketones is 1. The van der Waals surface area contributed by atoms with E-state index in [9.17, 15) is 18.0 Å². The van der Waals surface area contributed by atoms with Crippen molar-refractivity contribution < 1.29 is 22.7 Å². The second kappa shape index (κ2) is 11.0. The van der Waals surface area contributed by atoms with Crippen LogP contribution >= 0.6 is 23.2 Å². The van der Waals surface area contributed by atoms with Crippen LogP contribution in [0.1, 0.15) is 32.4 Å². The Morgan fingerprint density at radius 3 is 2.00 bits per heavy atom. The van der Waals surface area contributed by atoms with Crippen molar-refractivity contribution >= 4 is 50.7 Å². The van der Waals surface area contributed by atoms with E-state index in [4.69, 9.17) is 27.9 Å². The van der Waals surface area contributed by atoms with Crippen LogP contribution in [0.5, 0.6) is 0 Å². The average Bonchev–Trinajstić information content (AvgIpc) is 2.89. The molecule has 0 fully saturated rings. The van der Waals surface area contributed by atoms with Gasteiger partial charge in [0.2, 0.25) is 5.78 Å². The Balaban J connectivity index is 1.63. The number of hydrogen-bond donors (Lipinski definition) is 1. The number of hydrogen-bond acceptors (Lipinski definition) is 5. The minimum atomic E-state index is -4.15. The molecule has 0 aliphatic carbocycles. The number of rotatable bonds is 8. The van der Waals surface area contributed by atoms with E-state index < -0.39 is 27.9 Å². The van der Waals surface area contributed by atoms with Gasteiger partial charge in [-0.25, -0.2) is 13.2 Å². The topological polar surface area (TPSA) is 89.5 Å². The van der Waals surface area contributed by atoms with E-state index in [1.165, 1.54) is 36.4 Å². The number of carbonyl (C=O) groups excluding carboxylic acids is 2. The van der Waals surface area contributed by atoms with Gasteiger partial charge in [-0.05, 0) is 42.5 Å². The first-order chi connectivity index (χ1) is 17.2. The molecule has 1 N–H and O–H groups in total. The minimum absolute atomic E-state index is 0.0855. The van der Waals surface area contributed by atoms with Crippen LogP contribution in [0.4, 0.5) is 5.69 Å². The Kier molecular flexibility index (Phi) is 7.74. The summed E-state index contributed by atoms with van der Waals surface area (Å²) >= 11 is 12.0. The zero-order valence-corrected chi connectivity index (χ0v) is 20.9. The third kappa shape index (κ3) is 5.94. The molecule has 36 heavy (non-hydrogen) atoms. The van der Waals surface area contributed by atoms with Crippen molar-refractivity contribution in [3.8, 4) is 0 Å². The van der Waals surface area contributed by atoms with E-state index in [0.29, 0.717) is 16.1 Å². The van der Waals surface area contributed by atoms with Gasteiger partial charge in [-0.3, -0.25) is 9.52 Å². The highest BCUT2D eigenvalue weighted by atomic mass is 35.5. The van der Waals surface area contributed by atoms with Crippen molar-refractivity contribution in [2.45, 2.75) is 11.0 Å². The zero-order valence-electron chi connectivity index (χ0n) is 18.6. The molecule has 4 aromatic carbocycles. The highest BCUT2D eigenvalue weighted by molar-refractivity contribution is 7.92. The Bertz CT molecular complexity index is 1490. The number of nitrogens with one attached hydrogen (secondary N) is 1. The number of Topliss-reactive ketones (excluding diaryl/α,β-unsaturated/α-hetero) is 1. The zero-order chi connectivity index (χ0) is 25.7. The summed E-state index contributed by atoms with van der Waals surface area (Å²) in [6.07, 6.45) is -1.23. The Hall–Kier alpha value is -3.65. The first-order valence-corrected chi connectivity index (χ1v) is 12.9. The van der Waals surface area contributed by atoms with Crippen molar-refractivity contribution in [1.29, 1.82) is 0 Å². The quantitative estimate of drug-likeness (QED) is 0.202. The molecule has 182 valence electrons. The summed E-state index contributed by atoms with van der Waals surface area (Å²) in [6.45, 7) is 0. The lowest BCUT2D eigenvalue weighted by atomic mass is 10.00. The molecule has 0 aromatic heterocycles. The molecule has 0 radical (unpaired) electrons. The van der Waals surface area contributed by atoms with Gasteiger partial charge < -0.3 is 4.74 Å². The summed E-state index contributed by atoms with van der Waals surface area (Å²) in [6, 6.07) is 26.8. The van der Waals surface area contributed by atoms with Gasteiger partial charge in [-0.15, -0.1) is 0 Å². The molecule has 9 heteroatoms.